The zero-order valence-corrected chi connectivity index (χ0v) is 15.2. The Labute approximate surface area is 136 Å². The van der Waals surface area contributed by atoms with Gasteiger partial charge >= 0.3 is 0 Å². The van der Waals surface area contributed by atoms with Gasteiger partial charge in [0.15, 0.2) is 0 Å². The van der Waals surface area contributed by atoms with E-state index in [-0.39, 0.29) is 0 Å². The lowest BCUT2D eigenvalue weighted by Gasteiger charge is -2.08. The third kappa shape index (κ3) is 3.59. The van der Waals surface area contributed by atoms with Gasteiger partial charge < -0.3 is 4.74 Å². The molecule has 0 aliphatic heterocycles. The van der Waals surface area contributed by atoms with Crippen molar-refractivity contribution >= 4 is 59.1 Å². The van der Waals surface area contributed by atoms with Crippen molar-refractivity contribution in [3.63, 3.8) is 0 Å². The molecule has 96 valence electrons. The van der Waals surface area contributed by atoms with Gasteiger partial charge in [-0.3, -0.25) is 0 Å². The Kier molecular flexibility index (Phi) is 5.30. The van der Waals surface area contributed by atoms with Crippen LogP contribution in [0.3, 0.4) is 0 Å². The lowest BCUT2D eigenvalue weighted by atomic mass is 10.1. The Bertz CT molecular complexity index is 519. The first-order valence-electron chi connectivity index (χ1n) is 5.32. The standard InChI is InChI=1S/C13H11Br3OS/c1-17-9-4-2-3-8(5-9)6-10(14)12-7-11(15)13(16)18-12/h2-5,7,10H,6H2,1H3. The van der Waals surface area contributed by atoms with Gasteiger partial charge in [-0.1, -0.05) is 28.1 Å². The number of hydrogen-bond acceptors (Lipinski definition) is 2. The van der Waals surface area contributed by atoms with E-state index in [9.17, 15) is 0 Å². The van der Waals surface area contributed by atoms with E-state index in [4.69, 9.17) is 4.74 Å². The molecule has 0 fully saturated rings. The van der Waals surface area contributed by atoms with Gasteiger partial charge in [-0.15, -0.1) is 11.3 Å². The van der Waals surface area contributed by atoms with Crippen LogP contribution in [-0.4, -0.2) is 7.11 Å². The zero-order chi connectivity index (χ0) is 13.1. The Balaban J connectivity index is 2.13. The average molecular weight is 455 g/mol. The predicted octanol–water partition coefficient (Wildman–Crippen LogP) is 5.96. The fraction of sp³-hybridized carbons (Fsp3) is 0.231. The molecule has 1 unspecified atom stereocenters. The number of rotatable bonds is 4. The molecule has 1 atom stereocenters. The minimum absolute atomic E-state index is 0.317. The van der Waals surface area contributed by atoms with Gasteiger partial charge in [-0.25, -0.2) is 0 Å². The maximum Gasteiger partial charge on any atom is 0.119 e. The van der Waals surface area contributed by atoms with Crippen molar-refractivity contribution in [2.75, 3.05) is 7.11 Å². The SMILES string of the molecule is COc1cccc(CC(Br)c2cc(Br)c(Br)s2)c1. The quantitative estimate of drug-likeness (QED) is 0.518. The van der Waals surface area contributed by atoms with Crippen LogP contribution in [0, 0.1) is 0 Å². The summed E-state index contributed by atoms with van der Waals surface area (Å²) in [6.45, 7) is 0. The van der Waals surface area contributed by atoms with E-state index in [0.717, 1.165) is 20.4 Å². The molecular weight excluding hydrogens is 444 g/mol. The summed E-state index contributed by atoms with van der Waals surface area (Å²) in [6.07, 6.45) is 0.941. The second-order valence-corrected chi connectivity index (χ2v) is 8.15. The molecule has 0 N–H and O–H groups in total. The van der Waals surface area contributed by atoms with Gasteiger partial charge in [0.25, 0.3) is 0 Å². The Morgan fingerprint density at radius 1 is 1.28 bits per heavy atom. The molecule has 0 spiro atoms. The minimum Gasteiger partial charge on any atom is -0.497 e. The topological polar surface area (TPSA) is 9.23 Å². The summed E-state index contributed by atoms with van der Waals surface area (Å²) in [4.78, 5) is 1.62. The first-order valence-corrected chi connectivity index (χ1v) is 8.63. The van der Waals surface area contributed by atoms with Crippen molar-refractivity contribution < 1.29 is 4.74 Å². The molecule has 1 nitrogen and oxygen atoms in total. The Hall–Kier alpha value is 0.160. The Morgan fingerprint density at radius 2 is 2.06 bits per heavy atom. The lowest BCUT2D eigenvalue weighted by Crippen LogP contribution is -1.93. The molecule has 0 saturated carbocycles. The van der Waals surface area contributed by atoms with Crippen LogP contribution in [0.5, 0.6) is 5.75 Å². The molecule has 0 aliphatic carbocycles. The first kappa shape index (κ1) is 14.6. The van der Waals surface area contributed by atoms with Gasteiger partial charge in [0.05, 0.1) is 15.7 Å². The third-order valence-electron chi connectivity index (χ3n) is 2.52. The third-order valence-corrected chi connectivity index (χ3v) is 7.01. The van der Waals surface area contributed by atoms with Crippen LogP contribution < -0.4 is 4.74 Å². The molecule has 1 heterocycles. The predicted molar refractivity (Wildman–Crippen MR) is 88.1 cm³/mol. The summed E-state index contributed by atoms with van der Waals surface area (Å²) in [5.41, 5.74) is 1.26. The van der Waals surface area contributed by atoms with Crippen LogP contribution in [0.15, 0.2) is 38.6 Å². The number of halogens is 3. The average Bonchev–Trinajstić information content (AvgIpc) is 2.70. The van der Waals surface area contributed by atoms with Crippen molar-refractivity contribution in [2.24, 2.45) is 0 Å². The first-order chi connectivity index (χ1) is 8.60. The number of ether oxygens (including phenoxy) is 1. The minimum atomic E-state index is 0.317. The summed E-state index contributed by atoms with van der Waals surface area (Å²) < 4.78 is 7.48. The van der Waals surface area contributed by atoms with E-state index in [1.165, 1.54) is 10.4 Å². The molecule has 0 aliphatic rings. The van der Waals surface area contributed by atoms with Crippen LogP contribution >= 0.6 is 59.1 Å². The summed E-state index contributed by atoms with van der Waals surface area (Å²) in [5.74, 6) is 0.903. The van der Waals surface area contributed by atoms with Crippen LogP contribution in [-0.2, 0) is 6.42 Å². The number of benzene rings is 1. The van der Waals surface area contributed by atoms with Gasteiger partial charge in [-0.2, -0.15) is 0 Å². The van der Waals surface area contributed by atoms with Crippen LogP contribution in [0.1, 0.15) is 15.3 Å². The summed E-state index contributed by atoms with van der Waals surface area (Å²) in [7, 11) is 1.69. The molecule has 0 saturated heterocycles. The van der Waals surface area contributed by atoms with E-state index in [1.807, 2.05) is 12.1 Å². The van der Waals surface area contributed by atoms with Crippen molar-refractivity contribution in [1.29, 1.82) is 0 Å². The lowest BCUT2D eigenvalue weighted by molar-refractivity contribution is 0.414. The summed E-state index contributed by atoms with van der Waals surface area (Å²) in [6, 6.07) is 10.3. The van der Waals surface area contributed by atoms with Gasteiger partial charge in [0.2, 0.25) is 0 Å². The molecule has 5 heteroatoms. The number of alkyl halides is 1. The van der Waals surface area contributed by atoms with E-state index in [2.05, 4.69) is 66.0 Å². The maximum absolute atomic E-state index is 5.24. The van der Waals surface area contributed by atoms with Gasteiger partial charge in [0, 0.05) is 9.35 Å². The molecule has 2 aromatic rings. The zero-order valence-electron chi connectivity index (χ0n) is 9.62. The van der Waals surface area contributed by atoms with Crippen molar-refractivity contribution in [3.05, 3.63) is 49.0 Å². The van der Waals surface area contributed by atoms with E-state index < -0.39 is 0 Å². The van der Waals surface area contributed by atoms with Gasteiger partial charge in [0.1, 0.15) is 5.75 Å². The molecule has 0 radical (unpaired) electrons. The normalized spacial score (nSPS) is 12.4. The van der Waals surface area contributed by atoms with Crippen molar-refractivity contribution in [2.45, 2.75) is 11.2 Å². The molecule has 0 amide bonds. The molecule has 0 bridgehead atoms. The molecule has 1 aromatic heterocycles. The fourth-order valence-corrected chi connectivity index (χ4v) is 4.48. The second kappa shape index (κ2) is 6.55. The van der Waals surface area contributed by atoms with Crippen molar-refractivity contribution in [3.8, 4) is 5.75 Å². The number of hydrogen-bond donors (Lipinski definition) is 0. The highest BCUT2D eigenvalue weighted by Gasteiger charge is 2.13. The molecular formula is C13H11Br3OS. The van der Waals surface area contributed by atoms with E-state index in [1.54, 1.807) is 18.4 Å². The maximum atomic E-state index is 5.24. The van der Waals surface area contributed by atoms with E-state index >= 15 is 0 Å². The van der Waals surface area contributed by atoms with Crippen LogP contribution in [0.2, 0.25) is 0 Å². The van der Waals surface area contributed by atoms with Crippen molar-refractivity contribution in [1.82, 2.24) is 0 Å². The smallest absolute Gasteiger partial charge is 0.119 e. The van der Waals surface area contributed by atoms with Gasteiger partial charge in [-0.05, 0) is 62.0 Å². The highest BCUT2D eigenvalue weighted by atomic mass is 79.9. The molecule has 2 rings (SSSR count). The fourth-order valence-electron chi connectivity index (χ4n) is 1.62. The highest BCUT2D eigenvalue weighted by Crippen LogP contribution is 2.39. The highest BCUT2D eigenvalue weighted by molar-refractivity contribution is 9.13. The monoisotopic (exact) mass is 452 g/mol. The van der Waals surface area contributed by atoms with Crippen LogP contribution in [0.4, 0.5) is 0 Å². The second-order valence-electron chi connectivity index (χ2n) is 3.79. The summed E-state index contributed by atoms with van der Waals surface area (Å²) in [5, 5.41) is 0. The van der Waals surface area contributed by atoms with E-state index in [0.29, 0.717) is 4.83 Å². The largest absolute Gasteiger partial charge is 0.497 e. The van der Waals surface area contributed by atoms with Crippen LogP contribution in [0.25, 0.3) is 0 Å². The number of methoxy groups -OCH3 is 1. The Morgan fingerprint density at radius 3 is 2.67 bits per heavy atom. The molecule has 18 heavy (non-hydrogen) atoms. The summed E-state index contributed by atoms with van der Waals surface area (Å²) >= 11 is 12.5. The number of thiophene rings is 1. The molecule has 1 aromatic carbocycles.